The number of rotatable bonds is 9. The molecule has 4 rings (SSSR count). The first-order valence-electron chi connectivity index (χ1n) is 12.7. The van der Waals surface area contributed by atoms with Crippen LogP contribution in [0.3, 0.4) is 0 Å². The van der Waals surface area contributed by atoms with E-state index < -0.39 is 27.5 Å². The van der Waals surface area contributed by atoms with Crippen LogP contribution in [0.15, 0.2) is 47.6 Å². The molecule has 1 aromatic carbocycles. The van der Waals surface area contributed by atoms with Gasteiger partial charge in [0.15, 0.2) is 0 Å². The molecule has 0 unspecified atom stereocenters. The molecule has 0 bridgehead atoms. The molecule has 0 saturated carbocycles. The summed E-state index contributed by atoms with van der Waals surface area (Å²) in [6.07, 6.45) is 3.16. The Kier molecular flexibility index (Phi) is 8.01. The molecule has 3 aromatic rings. The molecule has 38 heavy (non-hydrogen) atoms. The van der Waals surface area contributed by atoms with Crippen LogP contribution in [0, 0.1) is 18.3 Å². The van der Waals surface area contributed by atoms with E-state index in [-0.39, 0.29) is 24.0 Å². The third kappa shape index (κ3) is 5.64. The van der Waals surface area contributed by atoms with E-state index in [1.54, 1.807) is 43.1 Å². The van der Waals surface area contributed by atoms with E-state index in [2.05, 4.69) is 15.3 Å². The fourth-order valence-electron chi connectivity index (χ4n) is 4.72. The van der Waals surface area contributed by atoms with E-state index in [0.717, 1.165) is 11.1 Å². The van der Waals surface area contributed by atoms with Crippen molar-refractivity contribution in [3.05, 3.63) is 70.8 Å². The number of sulfonamides is 1. The van der Waals surface area contributed by atoms with Gasteiger partial charge in [-0.15, -0.1) is 5.10 Å². The molecule has 11 heteroatoms. The highest BCUT2D eigenvalue weighted by molar-refractivity contribution is 7.89. The van der Waals surface area contributed by atoms with Crippen molar-refractivity contribution < 1.29 is 23.1 Å². The van der Waals surface area contributed by atoms with Gasteiger partial charge in [-0.05, 0) is 68.9 Å². The molecule has 1 N–H and O–H groups in total. The number of hydrogen-bond donors (Lipinski definition) is 1. The summed E-state index contributed by atoms with van der Waals surface area (Å²) < 4.78 is 36.6. The Bertz CT molecular complexity index is 1420. The summed E-state index contributed by atoms with van der Waals surface area (Å²) >= 11 is 0. The molecule has 10 nitrogen and oxygen atoms in total. The second-order valence-electron chi connectivity index (χ2n) is 10.5. The minimum Gasteiger partial charge on any atom is -0.481 e. The van der Waals surface area contributed by atoms with Crippen molar-refractivity contribution in [3.63, 3.8) is 0 Å². The summed E-state index contributed by atoms with van der Waals surface area (Å²) in [5.41, 5.74) is 2.28. The van der Waals surface area contributed by atoms with Gasteiger partial charge >= 0.3 is 5.97 Å². The van der Waals surface area contributed by atoms with Crippen LogP contribution in [-0.2, 0) is 45.7 Å². The number of carboxylic acid groups (broad SMARTS) is 1. The van der Waals surface area contributed by atoms with Gasteiger partial charge in [0.05, 0.1) is 30.0 Å². The van der Waals surface area contributed by atoms with Gasteiger partial charge in [-0.3, -0.25) is 14.5 Å². The number of aromatic nitrogens is 4. The van der Waals surface area contributed by atoms with Gasteiger partial charge in [0, 0.05) is 25.8 Å². The monoisotopic (exact) mass is 541 g/mol. The maximum Gasteiger partial charge on any atom is 0.312 e. The second-order valence-corrected chi connectivity index (χ2v) is 12.4. The Morgan fingerprint density at radius 3 is 2.74 bits per heavy atom. The van der Waals surface area contributed by atoms with Crippen LogP contribution in [0.1, 0.15) is 61.9 Å². The Labute approximate surface area is 223 Å². The fraction of sp³-hybridized carbons (Fsp3) is 0.481. The number of aryl methyl sites for hydroxylation is 2. The molecule has 0 aliphatic carbocycles. The molecule has 1 aliphatic rings. The Hall–Kier alpha value is -3.15. The van der Waals surface area contributed by atoms with E-state index in [1.165, 1.54) is 4.31 Å². The van der Waals surface area contributed by atoms with E-state index >= 15 is 0 Å². The summed E-state index contributed by atoms with van der Waals surface area (Å²) in [6, 6.07) is 8.85. The van der Waals surface area contributed by atoms with Gasteiger partial charge in [-0.1, -0.05) is 30.3 Å². The lowest BCUT2D eigenvalue weighted by atomic mass is 9.81. The van der Waals surface area contributed by atoms with Crippen molar-refractivity contribution in [2.24, 2.45) is 11.3 Å². The van der Waals surface area contributed by atoms with Crippen LogP contribution >= 0.6 is 0 Å². The van der Waals surface area contributed by atoms with E-state index in [4.69, 9.17) is 4.74 Å². The first-order valence-corrected chi connectivity index (χ1v) is 14.1. The normalized spacial score (nSPS) is 18.5. The van der Waals surface area contributed by atoms with Crippen molar-refractivity contribution in [1.29, 1.82) is 0 Å². The molecule has 2 atom stereocenters. The van der Waals surface area contributed by atoms with Crippen LogP contribution < -0.4 is 0 Å². The van der Waals surface area contributed by atoms with E-state index in [1.807, 2.05) is 39.0 Å². The number of carboxylic acids is 1. The Balaban J connectivity index is 1.67. The molecule has 0 spiro atoms. The van der Waals surface area contributed by atoms with Crippen LogP contribution in [0.2, 0.25) is 0 Å². The molecule has 0 amide bonds. The van der Waals surface area contributed by atoms with Crippen LogP contribution in [0.25, 0.3) is 0 Å². The first-order chi connectivity index (χ1) is 17.9. The number of nitrogens with zero attached hydrogens (tertiary/aromatic N) is 5. The third-order valence-corrected chi connectivity index (χ3v) is 8.95. The van der Waals surface area contributed by atoms with Gasteiger partial charge in [-0.25, -0.2) is 8.42 Å². The number of ether oxygens (including phenoxy) is 1. The predicted octanol–water partition coefficient (Wildman–Crippen LogP) is 3.75. The number of aliphatic carboxylic acids is 1. The number of hydrogen-bond acceptors (Lipinski definition) is 7. The molecule has 2 aromatic heterocycles. The van der Waals surface area contributed by atoms with E-state index in [0.29, 0.717) is 36.5 Å². The molecule has 204 valence electrons. The van der Waals surface area contributed by atoms with Gasteiger partial charge in [0.1, 0.15) is 10.6 Å². The summed E-state index contributed by atoms with van der Waals surface area (Å²) in [6.45, 7) is 10.4. The first kappa shape index (κ1) is 27.9. The van der Waals surface area contributed by atoms with Crippen molar-refractivity contribution in [2.75, 3.05) is 6.54 Å². The Morgan fingerprint density at radius 2 is 2.05 bits per heavy atom. The zero-order valence-electron chi connectivity index (χ0n) is 22.5. The topological polar surface area (TPSA) is 128 Å². The fourth-order valence-corrected chi connectivity index (χ4v) is 6.44. The summed E-state index contributed by atoms with van der Waals surface area (Å²) in [5, 5.41) is 18.1. The highest BCUT2D eigenvalue weighted by Gasteiger charge is 2.40. The molecule has 0 radical (unpaired) electrons. The van der Waals surface area contributed by atoms with Crippen molar-refractivity contribution in [1.82, 2.24) is 24.3 Å². The number of fused-ring (bicyclic) bond motifs is 1. The smallest absolute Gasteiger partial charge is 0.312 e. The van der Waals surface area contributed by atoms with Crippen LogP contribution in [0.5, 0.6) is 0 Å². The summed E-state index contributed by atoms with van der Waals surface area (Å²) in [4.78, 5) is 16.8. The average Bonchev–Trinajstić information content (AvgIpc) is 3.30. The number of pyridine rings is 1. The van der Waals surface area contributed by atoms with Crippen LogP contribution in [0.4, 0.5) is 0 Å². The van der Waals surface area contributed by atoms with E-state index in [9.17, 15) is 18.3 Å². The standard InChI is InChI=1S/C27H35N5O5S/c1-6-31-16-22(29-30-31)17-37-25(27(4,5)26(33)34)20-10-9-19(3)21(13-20)15-32-14-18(2)12-23-24(38(32,35)36)8-7-11-28-23/h7-11,13,16,18,25H,6,12,14-15,17H2,1-5H3,(H,33,34)/t18-,25-/m1/s1. The van der Waals surface area contributed by atoms with Gasteiger partial charge in [0.25, 0.3) is 0 Å². The lowest BCUT2D eigenvalue weighted by Gasteiger charge is -2.31. The molecular weight excluding hydrogens is 506 g/mol. The van der Waals surface area contributed by atoms with Crippen molar-refractivity contribution >= 4 is 16.0 Å². The van der Waals surface area contributed by atoms with Gasteiger partial charge in [0.2, 0.25) is 10.0 Å². The molecule has 1 aliphatic heterocycles. The van der Waals surface area contributed by atoms with Crippen molar-refractivity contribution in [2.45, 2.75) is 71.7 Å². The largest absolute Gasteiger partial charge is 0.481 e. The van der Waals surface area contributed by atoms with Gasteiger partial charge in [-0.2, -0.15) is 4.31 Å². The maximum atomic E-state index is 13.6. The zero-order valence-corrected chi connectivity index (χ0v) is 23.3. The average molecular weight is 542 g/mol. The molecular formula is C27H35N5O5S. The minimum absolute atomic E-state index is 0.0861. The lowest BCUT2D eigenvalue weighted by Crippen LogP contribution is -2.34. The number of carbonyl (C=O) groups is 1. The maximum absolute atomic E-state index is 13.6. The Morgan fingerprint density at radius 1 is 1.29 bits per heavy atom. The molecule has 3 heterocycles. The number of benzene rings is 1. The molecule has 0 saturated heterocycles. The van der Waals surface area contributed by atoms with Gasteiger partial charge < -0.3 is 9.84 Å². The third-order valence-electron chi connectivity index (χ3n) is 7.06. The highest BCUT2D eigenvalue weighted by Crippen LogP contribution is 2.39. The summed E-state index contributed by atoms with van der Waals surface area (Å²) in [5.74, 6) is -0.919. The minimum atomic E-state index is -3.76. The lowest BCUT2D eigenvalue weighted by molar-refractivity contribution is -0.158. The highest BCUT2D eigenvalue weighted by atomic mass is 32.2. The predicted molar refractivity (Wildman–Crippen MR) is 141 cm³/mol. The van der Waals surface area contributed by atoms with Crippen molar-refractivity contribution in [3.8, 4) is 0 Å². The quantitative estimate of drug-likeness (QED) is 0.434. The SMILES string of the molecule is CCn1cc(CO[C@H](c2ccc(C)c(CN3C[C@H](C)Cc4ncccc4S3(=O)=O)c2)C(C)(C)C(=O)O)nn1. The summed E-state index contributed by atoms with van der Waals surface area (Å²) in [7, 11) is -3.76. The molecule has 0 fully saturated rings. The van der Waals surface area contributed by atoms with Crippen LogP contribution in [-0.4, -0.2) is 50.3 Å². The zero-order chi connectivity index (χ0) is 27.7. The second kappa shape index (κ2) is 10.9.